The van der Waals surface area contributed by atoms with Gasteiger partial charge in [-0.1, -0.05) is 25.1 Å². The van der Waals surface area contributed by atoms with Gasteiger partial charge in [0.1, 0.15) is 0 Å². The number of nitrogens with one attached hydrogen (secondary N) is 2. The van der Waals surface area contributed by atoms with Crippen LogP contribution in [0.25, 0.3) is 0 Å². The lowest BCUT2D eigenvalue weighted by molar-refractivity contribution is -0.116. The van der Waals surface area contributed by atoms with Gasteiger partial charge < -0.3 is 5.32 Å². The Bertz CT molecular complexity index is 876. The van der Waals surface area contributed by atoms with Crippen LogP contribution < -0.4 is 10.0 Å². The van der Waals surface area contributed by atoms with Crippen LogP contribution in [0.5, 0.6) is 0 Å². The molecule has 3 rings (SSSR count). The summed E-state index contributed by atoms with van der Waals surface area (Å²) in [4.78, 5) is 11.8. The monoisotopic (exact) mass is 344 g/mol. The molecule has 6 heteroatoms. The van der Waals surface area contributed by atoms with Crippen molar-refractivity contribution in [2.75, 3.05) is 10.0 Å². The summed E-state index contributed by atoms with van der Waals surface area (Å²) >= 11 is 0. The lowest BCUT2D eigenvalue weighted by Crippen LogP contribution is -2.15. The number of carbonyl (C=O) groups excluding carboxylic acids is 1. The van der Waals surface area contributed by atoms with Crippen molar-refractivity contribution in [2.45, 2.75) is 37.5 Å². The summed E-state index contributed by atoms with van der Waals surface area (Å²) in [6, 6.07) is 12.2. The minimum absolute atomic E-state index is 0.0284. The van der Waals surface area contributed by atoms with Gasteiger partial charge >= 0.3 is 0 Å². The molecule has 0 unspecified atom stereocenters. The smallest absolute Gasteiger partial charge is 0.261 e. The lowest BCUT2D eigenvalue weighted by Gasteiger charge is -2.13. The first kappa shape index (κ1) is 16.5. The number of hydrogen-bond donors (Lipinski definition) is 2. The van der Waals surface area contributed by atoms with Gasteiger partial charge in [0.05, 0.1) is 10.6 Å². The quantitative estimate of drug-likeness (QED) is 0.893. The second kappa shape index (κ2) is 6.65. The number of anilines is 2. The summed E-state index contributed by atoms with van der Waals surface area (Å²) < 4.78 is 28.1. The highest BCUT2D eigenvalue weighted by atomic mass is 32.2. The molecule has 0 aliphatic carbocycles. The molecule has 1 aliphatic heterocycles. The molecule has 126 valence electrons. The largest absolute Gasteiger partial charge is 0.326 e. The van der Waals surface area contributed by atoms with Crippen molar-refractivity contribution in [3.05, 3.63) is 53.6 Å². The number of amides is 1. The summed E-state index contributed by atoms with van der Waals surface area (Å²) in [6.07, 6.45) is 2.60. The van der Waals surface area contributed by atoms with Gasteiger partial charge in [0.25, 0.3) is 10.0 Å². The Balaban J connectivity index is 1.93. The third-order valence-electron chi connectivity index (χ3n) is 4.15. The zero-order valence-electron chi connectivity index (χ0n) is 13.5. The molecule has 0 saturated heterocycles. The average molecular weight is 344 g/mol. The van der Waals surface area contributed by atoms with E-state index in [9.17, 15) is 13.2 Å². The standard InChI is InChI=1S/C18H20N2O3S/c1-2-13-6-3-4-8-17(13)20-24(22,23)15-10-11-16-14(12-15)7-5-9-18(21)19-16/h3-4,6,8,10-12,20H,2,5,7,9H2,1H3,(H,19,21). The predicted octanol–water partition coefficient (Wildman–Crippen LogP) is 3.32. The van der Waals surface area contributed by atoms with Crippen LogP contribution in [0.3, 0.4) is 0 Å². The fourth-order valence-corrected chi connectivity index (χ4v) is 4.00. The van der Waals surface area contributed by atoms with Gasteiger partial charge in [0, 0.05) is 12.1 Å². The molecule has 0 atom stereocenters. The molecule has 0 saturated carbocycles. The van der Waals surface area contributed by atoms with Gasteiger partial charge in [-0.25, -0.2) is 8.42 Å². The molecule has 0 radical (unpaired) electrons. The Kier molecular flexibility index (Phi) is 4.57. The molecular weight excluding hydrogens is 324 g/mol. The maximum absolute atomic E-state index is 12.7. The summed E-state index contributed by atoms with van der Waals surface area (Å²) in [6.45, 7) is 1.98. The maximum Gasteiger partial charge on any atom is 0.261 e. The Hall–Kier alpha value is -2.34. The average Bonchev–Trinajstić information content (AvgIpc) is 2.74. The van der Waals surface area contributed by atoms with Gasteiger partial charge in [0.15, 0.2) is 0 Å². The molecule has 0 spiro atoms. The first-order valence-electron chi connectivity index (χ1n) is 8.03. The summed E-state index contributed by atoms with van der Waals surface area (Å²) in [5, 5.41) is 2.81. The zero-order valence-corrected chi connectivity index (χ0v) is 14.3. The van der Waals surface area contributed by atoms with Crippen LogP contribution in [0.2, 0.25) is 0 Å². The van der Waals surface area contributed by atoms with E-state index in [1.165, 1.54) is 6.07 Å². The van der Waals surface area contributed by atoms with E-state index in [1.54, 1.807) is 18.2 Å². The number of benzene rings is 2. The molecular formula is C18H20N2O3S. The first-order valence-corrected chi connectivity index (χ1v) is 9.51. The number of para-hydroxylation sites is 1. The van der Waals surface area contributed by atoms with E-state index >= 15 is 0 Å². The zero-order chi connectivity index (χ0) is 17.2. The van der Waals surface area contributed by atoms with Crippen molar-refractivity contribution in [3.63, 3.8) is 0 Å². The number of carbonyl (C=O) groups is 1. The molecule has 2 N–H and O–H groups in total. The second-order valence-electron chi connectivity index (χ2n) is 5.84. The second-order valence-corrected chi connectivity index (χ2v) is 7.52. The molecule has 0 aromatic heterocycles. The lowest BCUT2D eigenvalue weighted by atomic mass is 10.1. The van der Waals surface area contributed by atoms with Gasteiger partial charge in [-0.3, -0.25) is 9.52 Å². The minimum atomic E-state index is -3.67. The summed E-state index contributed by atoms with van der Waals surface area (Å²) in [7, 11) is -3.67. The van der Waals surface area contributed by atoms with Crippen LogP contribution in [0.15, 0.2) is 47.4 Å². The number of rotatable bonds is 4. The maximum atomic E-state index is 12.7. The van der Waals surface area contributed by atoms with Gasteiger partial charge in [0.2, 0.25) is 5.91 Å². The van der Waals surface area contributed by atoms with Crippen molar-refractivity contribution in [1.82, 2.24) is 0 Å². The van der Waals surface area contributed by atoms with Crippen molar-refractivity contribution < 1.29 is 13.2 Å². The van der Waals surface area contributed by atoms with E-state index in [0.717, 1.165) is 17.5 Å². The highest BCUT2D eigenvalue weighted by Gasteiger charge is 2.19. The number of hydrogen-bond acceptors (Lipinski definition) is 3. The molecule has 1 heterocycles. The van der Waals surface area contributed by atoms with E-state index in [0.29, 0.717) is 30.6 Å². The van der Waals surface area contributed by atoms with Crippen LogP contribution in [0.4, 0.5) is 11.4 Å². The molecule has 2 aromatic carbocycles. The molecule has 1 aliphatic rings. The predicted molar refractivity (Wildman–Crippen MR) is 94.6 cm³/mol. The third kappa shape index (κ3) is 3.43. The summed E-state index contributed by atoms with van der Waals surface area (Å²) in [5.41, 5.74) is 3.10. The Morgan fingerprint density at radius 2 is 1.92 bits per heavy atom. The number of aryl methyl sites for hydroxylation is 2. The van der Waals surface area contributed by atoms with Crippen LogP contribution in [-0.4, -0.2) is 14.3 Å². The van der Waals surface area contributed by atoms with E-state index in [4.69, 9.17) is 0 Å². The first-order chi connectivity index (χ1) is 11.5. The van der Waals surface area contributed by atoms with Crippen LogP contribution in [0.1, 0.15) is 30.9 Å². The van der Waals surface area contributed by atoms with E-state index in [2.05, 4.69) is 10.0 Å². The normalized spacial score (nSPS) is 14.5. The highest BCUT2D eigenvalue weighted by Crippen LogP contribution is 2.27. The van der Waals surface area contributed by atoms with Crippen LogP contribution in [0, 0.1) is 0 Å². The van der Waals surface area contributed by atoms with Crippen molar-refractivity contribution in [3.8, 4) is 0 Å². The SMILES string of the molecule is CCc1ccccc1NS(=O)(=O)c1ccc2c(c1)CCCC(=O)N2. The van der Waals surface area contributed by atoms with Crippen molar-refractivity contribution in [2.24, 2.45) is 0 Å². The van der Waals surface area contributed by atoms with Gasteiger partial charge in [-0.2, -0.15) is 0 Å². The molecule has 24 heavy (non-hydrogen) atoms. The minimum Gasteiger partial charge on any atom is -0.326 e. The molecule has 0 fully saturated rings. The Labute approximate surface area is 142 Å². The third-order valence-corrected chi connectivity index (χ3v) is 5.52. The molecule has 0 bridgehead atoms. The summed E-state index contributed by atoms with van der Waals surface area (Å²) in [5.74, 6) is -0.0284. The molecule has 5 nitrogen and oxygen atoms in total. The van der Waals surface area contributed by atoms with Crippen molar-refractivity contribution >= 4 is 27.3 Å². The fraction of sp³-hybridized carbons (Fsp3) is 0.278. The fourth-order valence-electron chi connectivity index (χ4n) is 2.85. The topological polar surface area (TPSA) is 75.3 Å². The number of sulfonamides is 1. The Morgan fingerprint density at radius 3 is 2.71 bits per heavy atom. The van der Waals surface area contributed by atoms with E-state index < -0.39 is 10.0 Å². The number of fused-ring (bicyclic) bond motifs is 1. The highest BCUT2D eigenvalue weighted by molar-refractivity contribution is 7.92. The van der Waals surface area contributed by atoms with E-state index in [-0.39, 0.29) is 10.8 Å². The van der Waals surface area contributed by atoms with Gasteiger partial charge in [-0.05, 0) is 54.7 Å². The van der Waals surface area contributed by atoms with Crippen molar-refractivity contribution in [1.29, 1.82) is 0 Å². The van der Waals surface area contributed by atoms with Crippen LogP contribution in [-0.2, 0) is 27.7 Å². The van der Waals surface area contributed by atoms with Crippen LogP contribution >= 0.6 is 0 Å². The van der Waals surface area contributed by atoms with E-state index in [1.807, 2.05) is 25.1 Å². The van der Waals surface area contributed by atoms with Gasteiger partial charge in [-0.15, -0.1) is 0 Å². The molecule has 2 aromatic rings. The molecule has 1 amide bonds. The Morgan fingerprint density at radius 1 is 1.12 bits per heavy atom.